The van der Waals surface area contributed by atoms with Crippen LogP contribution in [0.15, 0.2) is 9.42 Å². The molecule has 2 rings (SSSR count). The Bertz CT molecular complexity index is 558. The first-order valence-corrected chi connectivity index (χ1v) is 6.95. The molecule has 1 aliphatic heterocycles. The van der Waals surface area contributed by atoms with Gasteiger partial charge in [0.05, 0.1) is 6.54 Å². The van der Waals surface area contributed by atoms with Crippen LogP contribution in [0.5, 0.6) is 0 Å². The predicted octanol–water partition coefficient (Wildman–Crippen LogP) is -0.246. The van der Waals surface area contributed by atoms with Crippen molar-refractivity contribution in [2.24, 2.45) is 0 Å². The lowest BCUT2D eigenvalue weighted by atomic mass is 10.4. The fourth-order valence-corrected chi connectivity index (χ4v) is 3.59. The van der Waals surface area contributed by atoms with Gasteiger partial charge in [-0.1, -0.05) is 5.16 Å². The second kappa shape index (κ2) is 4.36. The summed E-state index contributed by atoms with van der Waals surface area (Å²) in [6.07, 6.45) is 0. The summed E-state index contributed by atoms with van der Waals surface area (Å²) in [6, 6.07) is 0. The molecule has 8 heteroatoms. The third kappa shape index (κ3) is 2.01. The van der Waals surface area contributed by atoms with Crippen LogP contribution in [0.1, 0.15) is 11.5 Å². The van der Waals surface area contributed by atoms with Crippen LogP contribution in [-0.2, 0) is 14.8 Å². The maximum Gasteiger partial charge on any atom is 0.249 e. The maximum absolute atomic E-state index is 12.4. The smallest absolute Gasteiger partial charge is 0.249 e. The first kappa shape index (κ1) is 13.0. The van der Waals surface area contributed by atoms with Crippen LogP contribution in [0.4, 0.5) is 0 Å². The number of carbonyl (C=O) groups excluding carboxylic acids is 1. The molecule has 18 heavy (non-hydrogen) atoms. The molecule has 2 heterocycles. The van der Waals surface area contributed by atoms with Crippen molar-refractivity contribution in [3.63, 3.8) is 0 Å². The largest absolute Gasteiger partial charge is 0.360 e. The molecule has 0 atom stereocenters. The summed E-state index contributed by atoms with van der Waals surface area (Å²) in [5, 5.41) is 3.64. The molecule has 0 aliphatic carbocycles. The molecule has 1 aromatic rings. The topological polar surface area (TPSA) is 83.7 Å². The summed E-state index contributed by atoms with van der Waals surface area (Å²) in [6.45, 7) is 3.66. The molecule has 1 aromatic heterocycles. The second-order valence-corrected chi connectivity index (χ2v) is 6.18. The van der Waals surface area contributed by atoms with E-state index in [0.717, 1.165) is 0 Å². The Hall–Kier alpha value is -1.41. The Morgan fingerprint density at radius 3 is 2.44 bits per heavy atom. The van der Waals surface area contributed by atoms with Gasteiger partial charge in [0.25, 0.3) is 0 Å². The normalized spacial score (nSPS) is 18.4. The molecule has 0 aromatic carbocycles. The molecule has 100 valence electrons. The van der Waals surface area contributed by atoms with Crippen LogP contribution >= 0.6 is 0 Å². The molecule has 0 spiro atoms. The highest BCUT2D eigenvalue weighted by Gasteiger charge is 2.35. The van der Waals surface area contributed by atoms with Gasteiger partial charge in [0, 0.05) is 20.1 Å². The van der Waals surface area contributed by atoms with Crippen LogP contribution in [0.3, 0.4) is 0 Å². The highest BCUT2D eigenvalue weighted by molar-refractivity contribution is 7.89. The van der Waals surface area contributed by atoms with E-state index in [-0.39, 0.29) is 29.7 Å². The van der Waals surface area contributed by atoms with Gasteiger partial charge < -0.3 is 9.42 Å². The average molecular weight is 273 g/mol. The van der Waals surface area contributed by atoms with E-state index in [9.17, 15) is 13.2 Å². The van der Waals surface area contributed by atoms with Crippen molar-refractivity contribution < 1.29 is 17.7 Å². The van der Waals surface area contributed by atoms with E-state index in [2.05, 4.69) is 5.16 Å². The Morgan fingerprint density at radius 2 is 1.94 bits per heavy atom. The standard InChI is InChI=1S/C10H15N3O4S/c1-7-10(8(2)17-11-7)18(15,16)13-5-4-12(3)9(14)6-13/h4-6H2,1-3H3. The van der Waals surface area contributed by atoms with Gasteiger partial charge >= 0.3 is 0 Å². The number of likely N-dealkylation sites (N-methyl/N-ethyl adjacent to an activating group) is 1. The number of hydrogen-bond acceptors (Lipinski definition) is 5. The van der Waals surface area contributed by atoms with E-state index >= 15 is 0 Å². The van der Waals surface area contributed by atoms with E-state index in [4.69, 9.17) is 4.52 Å². The summed E-state index contributed by atoms with van der Waals surface area (Å²) < 4.78 is 30.8. The highest BCUT2D eigenvalue weighted by Crippen LogP contribution is 2.24. The van der Waals surface area contributed by atoms with Gasteiger partial charge in [-0.25, -0.2) is 8.42 Å². The van der Waals surface area contributed by atoms with Crippen molar-refractivity contribution in [2.45, 2.75) is 18.7 Å². The van der Waals surface area contributed by atoms with E-state index < -0.39 is 10.0 Å². The Morgan fingerprint density at radius 1 is 1.28 bits per heavy atom. The van der Waals surface area contributed by atoms with E-state index in [1.165, 1.54) is 9.21 Å². The van der Waals surface area contributed by atoms with Crippen molar-refractivity contribution in [1.82, 2.24) is 14.4 Å². The lowest BCUT2D eigenvalue weighted by molar-refractivity contribution is -0.132. The maximum atomic E-state index is 12.4. The zero-order valence-electron chi connectivity index (χ0n) is 10.5. The number of sulfonamides is 1. The zero-order valence-corrected chi connectivity index (χ0v) is 11.3. The number of piperazine rings is 1. The van der Waals surface area contributed by atoms with Crippen LogP contribution in [0.25, 0.3) is 0 Å². The molecule has 0 saturated carbocycles. The molecule has 0 unspecified atom stereocenters. The lowest BCUT2D eigenvalue weighted by Gasteiger charge is -2.30. The molecule has 7 nitrogen and oxygen atoms in total. The van der Waals surface area contributed by atoms with Crippen molar-refractivity contribution in [2.75, 3.05) is 26.7 Å². The first-order chi connectivity index (χ1) is 8.34. The van der Waals surface area contributed by atoms with Crippen molar-refractivity contribution in [3.05, 3.63) is 11.5 Å². The Labute approximate surface area is 105 Å². The monoisotopic (exact) mass is 273 g/mol. The molecule has 1 amide bonds. The van der Waals surface area contributed by atoms with Gasteiger partial charge in [-0.2, -0.15) is 4.31 Å². The van der Waals surface area contributed by atoms with Crippen LogP contribution in [0, 0.1) is 13.8 Å². The molecule has 1 aliphatic rings. The van der Waals surface area contributed by atoms with Crippen LogP contribution in [0.2, 0.25) is 0 Å². The summed E-state index contributed by atoms with van der Waals surface area (Å²) in [7, 11) is -2.05. The number of rotatable bonds is 2. The average Bonchev–Trinajstić information content (AvgIpc) is 2.62. The number of hydrogen-bond donors (Lipinski definition) is 0. The molecule has 1 saturated heterocycles. The molecule has 1 fully saturated rings. The number of aromatic nitrogens is 1. The van der Waals surface area contributed by atoms with Gasteiger partial charge in [0.2, 0.25) is 15.9 Å². The summed E-state index contributed by atoms with van der Waals surface area (Å²) in [5.74, 6) is 0.0375. The molecule has 0 radical (unpaired) electrons. The van der Waals surface area contributed by atoms with Crippen LogP contribution in [-0.4, -0.2) is 55.4 Å². The summed E-state index contributed by atoms with van der Waals surface area (Å²) in [4.78, 5) is 13.2. The number of amides is 1. The fourth-order valence-electron chi connectivity index (χ4n) is 1.91. The number of nitrogens with zero attached hydrogens (tertiary/aromatic N) is 3. The molecule has 0 N–H and O–H groups in total. The molecular formula is C10H15N3O4S. The van der Waals surface area contributed by atoms with Gasteiger partial charge in [0.1, 0.15) is 10.6 Å². The van der Waals surface area contributed by atoms with Crippen LogP contribution < -0.4 is 0 Å². The fraction of sp³-hybridized carbons (Fsp3) is 0.600. The minimum Gasteiger partial charge on any atom is -0.360 e. The minimum atomic E-state index is -3.71. The summed E-state index contributed by atoms with van der Waals surface area (Å²) >= 11 is 0. The SMILES string of the molecule is Cc1noc(C)c1S(=O)(=O)N1CCN(C)C(=O)C1. The predicted molar refractivity (Wildman–Crippen MR) is 62.4 cm³/mol. The number of carbonyl (C=O) groups is 1. The lowest BCUT2D eigenvalue weighted by Crippen LogP contribution is -2.50. The highest BCUT2D eigenvalue weighted by atomic mass is 32.2. The summed E-state index contributed by atoms with van der Waals surface area (Å²) in [5.41, 5.74) is 0.318. The molecule has 0 bridgehead atoms. The Kier molecular flexibility index (Phi) is 3.16. The van der Waals surface area contributed by atoms with Gasteiger partial charge in [0.15, 0.2) is 5.76 Å². The van der Waals surface area contributed by atoms with E-state index in [0.29, 0.717) is 12.2 Å². The zero-order chi connectivity index (χ0) is 13.5. The Balaban J connectivity index is 2.36. The third-order valence-electron chi connectivity index (χ3n) is 2.99. The van der Waals surface area contributed by atoms with Gasteiger partial charge in [-0.3, -0.25) is 4.79 Å². The van der Waals surface area contributed by atoms with Gasteiger partial charge in [-0.15, -0.1) is 0 Å². The first-order valence-electron chi connectivity index (χ1n) is 5.51. The van der Waals surface area contributed by atoms with Crippen molar-refractivity contribution in [3.8, 4) is 0 Å². The molecular weight excluding hydrogens is 258 g/mol. The third-order valence-corrected chi connectivity index (χ3v) is 5.08. The van der Waals surface area contributed by atoms with Gasteiger partial charge in [-0.05, 0) is 13.8 Å². The van der Waals surface area contributed by atoms with Crippen molar-refractivity contribution >= 4 is 15.9 Å². The minimum absolute atomic E-state index is 0.0693. The quantitative estimate of drug-likeness (QED) is 0.742. The van der Waals surface area contributed by atoms with Crippen molar-refractivity contribution in [1.29, 1.82) is 0 Å². The van der Waals surface area contributed by atoms with E-state index in [1.807, 2.05) is 0 Å². The number of aryl methyl sites for hydroxylation is 2. The van der Waals surface area contributed by atoms with E-state index in [1.54, 1.807) is 20.9 Å². The second-order valence-electron chi connectivity index (χ2n) is 4.31.